The van der Waals surface area contributed by atoms with Crippen LogP contribution in [0.2, 0.25) is 0 Å². The summed E-state index contributed by atoms with van der Waals surface area (Å²) < 4.78 is 45.7. The molecule has 33 heavy (non-hydrogen) atoms. The molecule has 9 heteroatoms. The van der Waals surface area contributed by atoms with E-state index < -0.39 is 17.2 Å². The number of nitrogens with one attached hydrogen (secondary N) is 1. The van der Waals surface area contributed by atoms with Crippen molar-refractivity contribution in [3.8, 4) is 11.8 Å². The van der Waals surface area contributed by atoms with E-state index in [2.05, 4.69) is 21.3 Å². The highest BCUT2D eigenvalue weighted by atomic mass is 19.4. The van der Waals surface area contributed by atoms with Gasteiger partial charge in [-0.3, -0.25) is 14.7 Å². The summed E-state index contributed by atoms with van der Waals surface area (Å²) in [6.45, 7) is 5.37. The normalized spacial score (nSPS) is 17.7. The molecule has 2 aliphatic rings. The number of nitrogens with zero attached hydrogens (tertiary/aromatic N) is 3. The fraction of sp³-hybridized carbons (Fsp3) is 0.458. The maximum Gasteiger partial charge on any atom is 0.418 e. The van der Waals surface area contributed by atoms with Gasteiger partial charge in [0.25, 0.3) is 0 Å². The second kappa shape index (κ2) is 8.67. The van der Waals surface area contributed by atoms with Gasteiger partial charge in [0.15, 0.2) is 0 Å². The average molecular weight is 458 g/mol. The Morgan fingerprint density at radius 3 is 2.64 bits per heavy atom. The maximum atomic E-state index is 13.4. The Bertz CT molecular complexity index is 1100. The lowest BCUT2D eigenvalue weighted by Gasteiger charge is -2.37. The minimum atomic E-state index is -4.49. The van der Waals surface area contributed by atoms with Crippen LogP contribution in [0.3, 0.4) is 0 Å². The van der Waals surface area contributed by atoms with Crippen LogP contribution in [0.4, 0.5) is 18.9 Å². The van der Waals surface area contributed by atoms with Gasteiger partial charge < -0.3 is 10.1 Å². The van der Waals surface area contributed by atoms with E-state index in [0.717, 1.165) is 17.3 Å². The summed E-state index contributed by atoms with van der Waals surface area (Å²) in [5.74, 6) is -0.300. The van der Waals surface area contributed by atoms with E-state index in [4.69, 9.17) is 4.74 Å². The molecule has 4 rings (SSSR count). The van der Waals surface area contributed by atoms with E-state index in [9.17, 15) is 23.2 Å². The summed E-state index contributed by atoms with van der Waals surface area (Å²) in [6.07, 6.45) is -1.95. The zero-order chi connectivity index (χ0) is 23.8. The van der Waals surface area contributed by atoms with Gasteiger partial charge in [0.2, 0.25) is 5.91 Å². The summed E-state index contributed by atoms with van der Waals surface area (Å²) in [5, 5.41) is 12.1. The number of likely N-dealkylation sites (tertiary alicyclic amines) is 1. The quantitative estimate of drug-likeness (QED) is 0.716. The Balaban J connectivity index is 1.37. The number of ether oxygens (including phenoxy) is 1. The van der Waals surface area contributed by atoms with Crippen molar-refractivity contribution in [3.63, 3.8) is 0 Å². The first kappa shape index (κ1) is 23.1. The summed E-state index contributed by atoms with van der Waals surface area (Å²) in [7, 11) is 0. The molecule has 0 saturated carbocycles. The molecule has 0 atom stereocenters. The van der Waals surface area contributed by atoms with Crippen LogP contribution in [0.25, 0.3) is 0 Å². The molecule has 6 nitrogen and oxygen atoms in total. The molecule has 1 saturated heterocycles. The lowest BCUT2D eigenvalue weighted by molar-refractivity contribution is -0.138. The van der Waals surface area contributed by atoms with Crippen molar-refractivity contribution >= 4 is 11.6 Å². The van der Waals surface area contributed by atoms with Crippen molar-refractivity contribution in [1.82, 2.24) is 9.88 Å². The van der Waals surface area contributed by atoms with Crippen LogP contribution in [-0.2, 0) is 16.4 Å². The number of carbonyl (C=O) groups is 1. The zero-order valence-electron chi connectivity index (χ0n) is 18.5. The van der Waals surface area contributed by atoms with Gasteiger partial charge in [-0.1, -0.05) is 13.8 Å². The zero-order valence-corrected chi connectivity index (χ0v) is 18.5. The molecule has 2 aromatic rings. The van der Waals surface area contributed by atoms with Crippen molar-refractivity contribution in [2.45, 2.75) is 44.2 Å². The summed E-state index contributed by atoms with van der Waals surface area (Å²) in [6, 6.07) is 8.39. The van der Waals surface area contributed by atoms with Gasteiger partial charge in [0.1, 0.15) is 12.4 Å². The number of piperidine rings is 1. The molecular weight excluding hydrogens is 433 g/mol. The van der Waals surface area contributed by atoms with Crippen LogP contribution in [0, 0.1) is 11.3 Å². The number of carbonyl (C=O) groups excluding carboxylic acids is 1. The number of rotatable bonds is 5. The second-order valence-corrected chi connectivity index (χ2v) is 8.85. The van der Waals surface area contributed by atoms with Gasteiger partial charge in [0.05, 0.1) is 34.5 Å². The maximum absolute atomic E-state index is 13.4. The average Bonchev–Trinajstić information content (AvgIpc) is 3.04. The predicted molar refractivity (Wildman–Crippen MR) is 116 cm³/mol. The molecule has 0 bridgehead atoms. The number of hydrogen-bond acceptors (Lipinski definition) is 5. The fourth-order valence-electron chi connectivity index (χ4n) is 4.65. The van der Waals surface area contributed by atoms with E-state index in [1.54, 1.807) is 32.0 Å². The number of alkyl halides is 3. The molecular formula is C24H25F3N4O2. The first-order chi connectivity index (χ1) is 15.6. The molecule has 1 amide bonds. The molecule has 0 radical (unpaired) electrons. The number of anilines is 1. The highest BCUT2D eigenvalue weighted by Gasteiger charge is 2.48. The molecule has 1 spiro atoms. The van der Waals surface area contributed by atoms with Crippen LogP contribution in [0.1, 0.15) is 55.0 Å². The van der Waals surface area contributed by atoms with Gasteiger partial charge in [-0.2, -0.15) is 18.4 Å². The van der Waals surface area contributed by atoms with Gasteiger partial charge in [-0.25, -0.2) is 0 Å². The number of nitriles is 1. The number of benzene rings is 1. The number of pyridine rings is 1. The second-order valence-electron chi connectivity index (χ2n) is 8.85. The van der Waals surface area contributed by atoms with E-state index in [1.807, 2.05) is 0 Å². The molecule has 1 N–H and O–H groups in total. The third kappa shape index (κ3) is 4.40. The van der Waals surface area contributed by atoms with Crippen molar-refractivity contribution in [3.05, 3.63) is 52.8 Å². The van der Waals surface area contributed by atoms with Crippen molar-refractivity contribution in [1.29, 1.82) is 5.26 Å². The Morgan fingerprint density at radius 2 is 2.00 bits per heavy atom. The first-order valence-electron chi connectivity index (χ1n) is 10.9. The topological polar surface area (TPSA) is 78.2 Å². The minimum absolute atomic E-state index is 0.00542. The van der Waals surface area contributed by atoms with Crippen LogP contribution < -0.4 is 10.1 Å². The number of halogens is 3. The van der Waals surface area contributed by atoms with E-state index in [-0.39, 0.29) is 29.9 Å². The van der Waals surface area contributed by atoms with Gasteiger partial charge in [0, 0.05) is 12.2 Å². The van der Waals surface area contributed by atoms with Gasteiger partial charge in [-0.15, -0.1) is 0 Å². The Kier molecular flexibility index (Phi) is 6.06. The molecule has 2 aliphatic heterocycles. The summed E-state index contributed by atoms with van der Waals surface area (Å²) in [5.41, 5.74) is 0.754. The molecule has 1 aromatic heterocycles. The predicted octanol–water partition coefficient (Wildman–Crippen LogP) is 4.46. The van der Waals surface area contributed by atoms with Gasteiger partial charge >= 0.3 is 6.18 Å². The monoisotopic (exact) mass is 458 g/mol. The number of aromatic nitrogens is 1. The third-order valence-electron chi connectivity index (χ3n) is 6.48. The summed E-state index contributed by atoms with van der Waals surface area (Å²) in [4.78, 5) is 18.9. The lowest BCUT2D eigenvalue weighted by atomic mass is 9.73. The molecule has 1 fully saturated rings. The van der Waals surface area contributed by atoms with Crippen LogP contribution in [-0.4, -0.2) is 42.0 Å². The van der Waals surface area contributed by atoms with Crippen LogP contribution in [0.15, 0.2) is 30.5 Å². The molecule has 0 unspecified atom stereocenters. The third-order valence-corrected chi connectivity index (χ3v) is 6.48. The van der Waals surface area contributed by atoms with Gasteiger partial charge in [-0.05, 0) is 61.7 Å². The van der Waals surface area contributed by atoms with Crippen molar-refractivity contribution in [2.24, 2.45) is 0 Å². The number of fused-ring (bicyclic) bond motifs is 2. The van der Waals surface area contributed by atoms with Crippen LogP contribution in [0.5, 0.6) is 5.75 Å². The van der Waals surface area contributed by atoms with E-state index >= 15 is 0 Å². The van der Waals surface area contributed by atoms with E-state index in [0.29, 0.717) is 38.0 Å². The summed E-state index contributed by atoms with van der Waals surface area (Å²) >= 11 is 0. The van der Waals surface area contributed by atoms with Crippen molar-refractivity contribution in [2.75, 3.05) is 31.6 Å². The number of hydrogen-bond donors (Lipinski definition) is 1. The lowest BCUT2D eigenvalue weighted by Crippen LogP contribution is -2.47. The first-order valence-corrected chi connectivity index (χ1v) is 10.9. The van der Waals surface area contributed by atoms with Crippen LogP contribution >= 0.6 is 0 Å². The van der Waals surface area contributed by atoms with Crippen molar-refractivity contribution < 1.29 is 22.7 Å². The highest BCUT2D eigenvalue weighted by Crippen LogP contribution is 2.45. The molecule has 174 valence electrons. The highest BCUT2D eigenvalue weighted by molar-refractivity contribution is 6.06. The number of amides is 1. The molecule has 3 heterocycles. The smallest absolute Gasteiger partial charge is 0.418 e. The van der Waals surface area contributed by atoms with E-state index in [1.165, 1.54) is 6.20 Å². The Morgan fingerprint density at radius 1 is 1.27 bits per heavy atom. The Labute approximate surface area is 190 Å². The Hall–Kier alpha value is -3.12. The SMILES string of the molecule is CC(C)c1ncc(OCCN2CCC3(CC2)C(=O)Nc2ccc(C#N)cc23)cc1C(F)(F)F. The fourth-order valence-corrected chi connectivity index (χ4v) is 4.65. The largest absolute Gasteiger partial charge is 0.491 e. The molecule has 0 aliphatic carbocycles. The molecule has 1 aromatic carbocycles. The standard InChI is InChI=1S/C24H25F3N4O2/c1-15(2)21-19(24(25,26)27)12-17(14-29-21)33-10-9-31-7-5-23(6-8-31)18-11-16(13-28)3-4-20(18)30-22(23)32/h3-4,11-12,14-15H,5-10H2,1-2H3,(H,30,32). The minimum Gasteiger partial charge on any atom is -0.491 e.